The Labute approximate surface area is 162 Å². The van der Waals surface area contributed by atoms with Gasteiger partial charge >= 0.3 is 5.97 Å². The summed E-state index contributed by atoms with van der Waals surface area (Å²) in [5, 5.41) is 0. The van der Waals surface area contributed by atoms with Gasteiger partial charge in [0.05, 0.1) is 12.5 Å². The predicted molar refractivity (Wildman–Crippen MR) is 101 cm³/mol. The van der Waals surface area contributed by atoms with Crippen LogP contribution in [0.3, 0.4) is 0 Å². The van der Waals surface area contributed by atoms with Crippen LogP contribution in [-0.2, 0) is 16.1 Å². The van der Waals surface area contributed by atoms with E-state index in [0.29, 0.717) is 26.0 Å². The fourth-order valence-electron chi connectivity index (χ4n) is 3.12. The summed E-state index contributed by atoms with van der Waals surface area (Å²) in [7, 11) is 0. The minimum Gasteiger partial charge on any atom is -0.482 e. The fourth-order valence-corrected chi connectivity index (χ4v) is 3.12. The molecule has 1 aromatic heterocycles. The van der Waals surface area contributed by atoms with E-state index in [1.165, 1.54) is 4.90 Å². The predicted octanol–water partition coefficient (Wildman–Crippen LogP) is 2.63. The van der Waals surface area contributed by atoms with Gasteiger partial charge in [-0.1, -0.05) is 30.3 Å². The van der Waals surface area contributed by atoms with Crippen LogP contribution in [0.25, 0.3) is 0 Å². The molecule has 0 spiro atoms. The number of ether oxygens (including phenoxy) is 2. The van der Waals surface area contributed by atoms with Crippen molar-refractivity contribution in [1.29, 1.82) is 0 Å². The minimum atomic E-state index is -0.426. The Bertz CT molecular complexity index is 876. The van der Waals surface area contributed by atoms with Gasteiger partial charge in [0.1, 0.15) is 12.9 Å². The third-order valence-electron chi connectivity index (χ3n) is 4.57. The summed E-state index contributed by atoms with van der Waals surface area (Å²) in [6.45, 7) is 3.05. The first-order valence-electron chi connectivity index (χ1n) is 9.34. The first-order chi connectivity index (χ1) is 13.6. The molecule has 7 nitrogen and oxygen atoms in total. The third kappa shape index (κ3) is 4.79. The van der Waals surface area contributed by atoms with Crippen molar-refractivity contribution in [2.75, 3.05) is 19.7 Å². The lowest BCUT2D eigenvalue weighted by Crippen LogP contribution is -2.43. The smallest absolute Gasteiger partial charge is 0.310 e. The Morgan fingerprint density at radius 2 is 2.04 bits per heavy atom. The Balaban J connectivity index is 1.64. The number of piperidine rings is 1. The maximum atomic E-state index is 12.7. The molecule has 1 aromatic carbocycles. The van der Waals surface area contributed by atoms with E-state index in [4.69, 9.17) is 13.9 Å². The maximum absolute atomic E-state index is 12.7. The van der Waals surface area contributed by atoms with Crippen molar-refractivity contribution in [2.24, 2.45) is 5.92 Å². The topological polar surface area (TPSA) is 86.0 Å². The third-order valence-corrected chi connectivity index (χ3v) is 4.57. The number of rotatable bonds is 6. The van der Waals surface area contributed by atoms with Gasteiger partial charge in [0, 0.05) is 19.2 Å². The molecule has 0 aliphatic carbocycles. The number of amides is 1. The molecule has 1 saturated heterocycles. The number of hydrogen-bond acceptors (Lipinski definition) is 6. The average molecular weight is 385 g/mol. The standard InChI is InChI=1S/C21H23NO6/c1-2-26-21(25)16-9-6-10-22(12-16)20(24)18-11-17(23)19(14-28-18)27-13-15-7-4-3-5-8-15/h3-5,7-8,11,14,16H,2,6,9-10,12-13H2,1H3/t16-/m1/s1. The zero-order chi connectivity index (χ0) is 19.9. The van der Waals surface area contributed by atoms with Gasteiger partial charge in [-0.05, 0) is 25.3 Å². The van der Waals surface area contributed by atoms with Gasteiger partial charge in [0.15, 0.2) is 5.76 Å². The van der Waals surface area contributed by atoms with E-state index in [9.17, 15) is 14.4 Å². The quantitative estimate of drug-likeness (QED) is 0.711. The molecule has 0 saturated carbocycles. The largest absolute Gasteiger partial charge is 0.482 e. The normalized spacial score (nSPS) is 16.5. The van der Waals surface area contributed by atoms with Crippen LogP contribution >= 0.6 is 0 Å². The summed E-state index contributed by atoms with van der Waals surface area (Å²) in [6, 6.07) is 10.6. The van der Waals surface area contributed by atoms with Gasteiger partial charge in [-0.2, -0.15) is 0 Å². The molecule has 1 aliphatic rings. The van der Waals surface area contributed by atoms with E-state index in [-0.39, 0.29) is 36.5 Å². The van der Waals surface area contributed by atoms with Crippen molar-refractivity contribution < 1.29 is 23.5 Å². The van der Waals surface area contributed by atoms with Crippen molar-refractivity contribution in [3.05, 3.63) is 64.2 Å². The lowest BCUT2D eigenvalue weighted by Gasteiger charge is -2.31. The van der Waals surface area contributed by atoms with Crippen LogP contribution < -0.4 is 10.2 Å². The van der Waals surface area contributed by atoms with Crippen LogP contribution in [0.15, 0.2) is 51.9 Å². The Kier molecular flexibility index (Phi) is 6.47. The van der Waals surface area contributed by atoms with Crippen LogP contribution in [0.5, 0.6) is 5.75 Å². The highest BCUT2D eigenvalue weighted by atomic mass is 16.5. The van der Waals surface area contributed by atoms with Crippen molar-refractivity contribution in [3.8, 4) is 5.75 Å². The molecule has 2 aromatic rings. The van der Waals surface area contributed by atoms with Crippen molar-refractivity contribution in [1.82, 2.24) is 4.90 Å². The highest BCUT2D eigenvalue weighted by Crippen LogP contribution is 2.20. The maximum Gasteiger partial charge on any atom is 0.310 e. The summed E-state index contributed by atoms with van der Waals surface area (Å²) in [4.78, 5) is 38.4. The minimum absolute atomic E-state index is 0.0449. The van der Waals surface area contributed by atoms with E-state index >= 15 is 0 Å². The van der Waals surface area contributed by atoms with E-state index in [1.807, 2.05) is 30.3 Å². The molecule has 1 fully saturated rings. The number of carbonyl (C=O) groups excluding carboxylic acids is 2. The highest BCUT2D eigenvalue weighted by Gasteiger charge is 2.30. The zero-order valence-corrected chi connectivity index (χ0v) is 15.8. The number of benzene rings is 1. The molecular weight excluding hydrogens is 362 g/mol. The lowest BCUT2D eigenvalue weighted by molar-refractivity contribution is -0.149. The number of likely N-dealkylation sites (tertiary alicyclic amines) is 1. The van der Waals surface area contributed by atoms with E-state index in [1.54, 1.807) is 6.92 Å². The molecule has 2 heterocycles. The average Bonchev–Trinajstić information content (AvgIpc) is 2.73. The highest BCUT2D eigenvalue weighted by molar-refractivity contribution is 5.91. The van der Waals surface area contributed by atoms with Crippen LogP contribution in [-0.4, -0.2) is 36.5 Å². The first kappa shape index (κ1) is 19.7. The van der Waals surface area contributed by atoms with Gasteiger partial charge in [0.2, 0.25) is 11.2 Å². The van der Waals surface area contributed by atoms with Crippen LogP contribution in [0.4, 0.5) is 0 Å². The number of nitrogens with zero attached hydrogens (tertiary/aromatic N) is 1. The monoisotopic (exact) mass is 385 g/mol. The Morgan fingerprint density at radius 1 is 1.25 bits per heavy atom. The van der Waals surface area contributed by atoms with Gasteiger partial charge in [-0.3, -0.25) is 14.4 Å². The molecule has 0 N–H and O–H groups in total. The number of esters is 1. The van der Waals surface area contributed by atoms with E-state index in [0.717, 1.165) is 17.9 Å². The number of carbonyl (C=O) groups is 2. The SMILES string of the molecule is CCOC(=O)[C@@H]1CCCN(C(=O)c2cc(=O)c(OCc3ccccc3)co2)C1. The summed E-state index contributed by atoms with van der Waals surface area (Å²) in [5.74, 6) is -1.09. The second-order valence-corrected chi connectivity index (χ2v) is 6.59. The molecule has 148 valence electrons. The van der Waals surface area contributed by atoms with Gasteiger partial charge in [-0.15, -0.1) is 0 Å². The van der Waals surface area contributed by atoms with E-state index in [2.05, 4.69) is 0 Å². The molecule has 1 aliphatic heterocycles. The summed E-state index contributed by atoms with van der Waals surface area (Å²) >= 11 is 0. The molecular formula is C21H23NO6. The van der Waals surface area contributed by atoms with E-state index < -0.39 is 11.3 Å². The summed E-state index contributed by atoms with van der Waals surface area (Å²) in [5.41, 5.74) is 0.491. The molecule has 0 bridgehead atoms. The summed E-state index contributed by atoms with van der Waals surface area (Å²) < 4.78 is 15.9. The molecule has 1 amide bonds. The Hall–Kier alpha value is -3.09. The second-order valence-electron chi connectivity index (χ2n) is 6.59. The van der Waals surface area contributed by atoms with Crippen molar-refractivity contribution >= 4 is 11.9 Å². The second kappa shape index (κ2) is 9.21. The van der Waals surface area contributed by atoms with Gasteiger partial charge in [0.25, 0.3) is 5.91 Å². The van der Waals surface area contributed by atoms with Gasteiger partial charge < -0.3 is 18.8 Å². The molecule has 0 radical (unpaired) electrons. The van der Waals surface area contributed by atoms with Crippen molar-refractivity contribution in [2.45, 2.75) is 26.4 Å². The molecule has 1 atom stereocenters. The fraction of sp³-hybridized carbons (Fsp3) is 0.381. The Morgan fingerprint density at radius 3 is 2.75 bits per heavy atom. The van der Waals surface area contributed by atoms with Gasteiger partial charge in [-0.25, -0.2) is 0 Å². The first-order valence-corrected chi connectivity index (χ1v) is 9.34. The zero-order valence-electron chi connectivity index (χ0n) is 15.8. The molecule has 3 rings (SSSR count). The molecule has 7 heteroatoms. The van der Waals surface area contributed by atoms with Crippen LogP contribution in [0, 0.1) is 5.92 Å². The lowest BCUT2D eigenvalue weighted by atomic mass is 9.98. The molecule has 0 unspecified atom stereocenters. The van der Waals surface area contributed by atoms with Crippen LogP contribution in [0.2, 0.25) is 0 Å². The number of hydrogen-bond donors (Lipinski definition) is 0. The summed E-state index contributed by atoms with van der Waals surface area (Å²) in [6.07, 6.45) is 2.53. The molecule has 28 heavy (non-hydrogen) atoms. The van der Waals surface area contributed by atoms with Crippen LogP contribution in [0.1, 0.15) is 35.9 Å². The van der Waals surface area contributed by atoms with Crippen molar-refractivity contribution in [3.63, 3.8) is 0 Å².